The maximum Gasteiger partial charge on any atom is 0.416 e. The minimum Gasteiger partial charge on any atom is -0.335 e. The summed E-state index contributed by atoms with van der Waals surface area (Å²) >= 11 is 0. The van der Waals surface area contributed by atoms with Crippen LogP contribution < -0.4 is 10.9 Å². The van der Waals surface area contributed by atoms with Crippen LogP contribution in [0.5, 0.6) is 0 Å². The highest BCUT2D eigenvalue weighted by Gasteiger charge is 2.30. The Labute approximate surface area is 120 Å². The lowest BCUT2D eigenvalue weighted by Crippen LogP contribution is -2.15. The van der Waals surface area contributed by atoms with Crippen molar-refractivity contribution in [1.29, 1.82) is 0 Å². The van der Waals surface area contributed by atoms with Gasteiger partial charge in [-0.25, -0.2) is 4.63 Å². The third-order valence-electron chi connectivity index (χ3n) is 2.95. The second-order valence-electron chi connectivity index (χ2n) is 4.50. The molecule has 0 spiro atoms. The number of halogens is 3. The Kier molecular flexibility index (Phi) is 3.08. The Morgan fingerprint density at radius 1 is 1.27 bits per heavy atom. The average Bonchev–Trinajstić information content (AvgIpc) is 2.87. The van der Waals surface area contributed by atoms with Crippen LogP contribution in [-0.4, -0.2) is 20.3 Å². The van der Waals surface area contributed by atoms with E-state index in [0.717, 1.165) is 12.1 Å². The number of nitrogens with zero attached hydrogens (tertiary/aromatic N) is 3. The van der Waals surface area contributed by atoms with Gasteiger partial charge in [0.1, 0.15) is 0 Å². The van der Waals surface area contributed by atoms with Gasteiger partial charge in [-0.05, 0) is 34.9 Å². The van der Waals surface area contributed by atoms with Crippen molar-refractivity contribution in [3.8, 4) is 0 Å². The fraction of sp³-hybridized carbons (Fsp3) is 0.167. The highest BCUT2D eigenvalue weighted by atomic mass is 19.4. The zero-order chi connectivity index (χ0) is 15.9. The average molecular weight is 311 g/mol. The second kappa shape index (κ2) is 4.83. The molecule has 114 valence electrons. The van der Waals surface area contributed by atoms with Crippen molar-refractivity contribution in [2.75, 3.05) is 5.32 Å². The van der Waals surface area contributed by atoms with Crippen molar-refractivity contribution >= 4 is 22.8 Å². The molecule has 0 aliphatic heterocycles. The van der Waals surface area contributed by atoms with E-state index in [1.165, 1.54) is 6.07 Å². The molecule has 1 aromatic carbocycles. The number of benzene rings is 1. The number of hydrogen-bond donors (Lipinski definition) is 2. The standard InChI is InChI=1S/C12H8F3N5O2/c1-5-2-3-6(12(13,14)15)4-7(5)16-10-11(21)18-9-8(17-10)19-22-20-9/h2-4H,1H3,(H,16,17,19)(H,18,20,21). The first-order chi connectivity index (χ1) is 10.3. The third kappa shape index (κ3) is 2.50. The summed E-state index contributed by atoms with van der Waals surface area (Å²) in [6.45, 7) is 1.60. The summed E-state index contributed by atoms with van der Waals surface area (Å²) in [6, 6.07) is 3.17. The van der Waals surface area contributed by atoms with E-state index in [4.69, 9.17) is 0 Å². The lowest BCUT2D eigenvalue weighted by Gasteiger charge is -2.12. The number of fused-ring (bicyclic) bond motifs is 1. The Hall–Kier alpha value is -2.91. The summed E-state index contributed by atoms with van der Waals surface area (Å²) < 4.78 is 42.6. The zero-order valence-corrected chi connectivity index (χ0v) is 11.0. The molecule has 0 saturated heterocycles. The van der Waals surface area contributed by atoms with E-state index >= 15 is 0 Å². The highest BCUT2D eigenvalue weighted by molar-refractivity contribution is 5.68. The molecule has 3 rings (SSSR count). The van der Waals surface area contributed by atoms with Gasteiger partial charge in [0, 0.05) is 5.69 Å². The summed E-state index contributed by atoms with van der Waals surface area (Å²) in [6.07, 6.45) is -4.48. The van der Waals surface area contributed by atoms with Gasteiger partial charge in [0.05, 0.1) is 5.56 Å². The van der Waals surface area contributed by atoms with E-state index in [9.17, 15) is 18.0 Å². The minimum absolute atomic E-state index is 0.0340. The predicted octanol–water partition coefficient (Wildman–Crippen LogP) is 2.38. The molecule has 2 aromatic heterocycles. The molecular weight excluding hydrogens is 303 g/mol. The number of aromatic amines is 1. The van der Waals surface area contributed by atoms with Gasteiger partial charge in [0.25, 0.3) is 5.56 Å². The molecule has 0 radical (unpaired) electrons. The molecule has 0 aliphatic rings. The van der Waals surface area contributed by atoms with E-state index in [1.54, 1.807) is 6.92 Å². The molecule has 0 fully saturated rings. The van der Waals surface area contributed by atoms with Crippen LogP contribution >= 0.6 is 0 Å². The predicted molar refractivity (Wildman–Crippen MR) is 69.7 cm³/mol. The summed E-state index contributed by atoms with van der Waals surface area (Å²) in [7, 11) is 0. The van der Waals surface area contributed by atoms with Crippen molar-refractivity contribution in [2.45, 2.75) is 13.1 Å². The van der Waals surface area contributed by atoms with Crippen LogP contribution in [0.3, 0.4) is 0 Å². The Balaban J connectivity index is 2.04. The summed E-state index contributed by atoms with van der Waals surface area (Å²) in [5.41, 5.74) is -0.763. The molecule has 0 unspecified atom stereocenters. The van der Waals surface area contributed by atoms with Crippen molar-refractivity contribution in [3.63, 3.8) is 0 Å². The first kappa shape index (κ1) is 14.0. The molecule has 0 amide bonds. The summed E-state index contributed by atoms with van der Waals surface area (Å²) in [5, 5.41) is 9.44. The number of rotatable bonds is 2. The molecule has 0 saturated carbocycles. The monoisotopic (exact) mass is 311 g/mol. The molecule has 22 heavy (non-hydrogen) atoms. The number of alkyl halides is 3. The van der Waals surface area contributed by atoms with E-state index < -0.39 is 17.3 Å². The molecule has 10 heteroatoms. The number of H-pyrrole nitrogens is 1. The van der Waals surface area contributed by atoms with Crippen LogP contribution in [0.25, 0.3) is 11.3 Å². The van der Waals surface area contributed by atoms with Crippen molar-refractivity contribution in [1.82, 2.24) is 20.3 Å². The van der Waals surface area contributed by atoms with E-state index in [0.29, 0.717) is 5.56 Å². The Morgan fingerprint density at radius 2 is 2.05 bits per heavy atom. The first-order valence-corrected chi connectivity index (χ1v) is 6.02. The SMILES string of the molecule is Cc1ccc(C(F)(F)F)cc1Nc1nc2nonc2[nH]c1=O. The zero-order valence-electron chi connectivity index (χ0n) is 11.0. The number of hydrogen-bond acceptors (Lipinski definition) is 6. The lowest BCUT2D eigenvalue weighted by atomic mass is 10.1. The largest absolute Gasteiger partial charge is 0.416 e. The topological polar surface area (TPSA) is 96.7 Å². The minimum atomic E-state index is -4.48. The van der Waals surface area contributed by atoms with Crippen LogP contribution in [0.1, 0.15) is 11.1 Å². The van der Waals surface area contributed by atoms with Gasteiger partial charge in [-0.2, -0.15) is 18.2 Å². The smallest absolute Gasteiger partial charge is 0.335 e. The van der Waals surface area contributed by atoms with Crippen molar-refractivity contribution in [2.24, 2.45) is 0 Å². The summed E-state index contributed by atoms with van der Waals surface area (Å²) in [5.74, 6) is -0.203. The number of anilines is 2. The third-order valence-corrected chi connectivity index (χ3v) is 2.95. The van der Waals surface area contributed by atoms with Gasteiger partial charge in [0.15, 0.2) is 5.82 Å². The maximum atomic E-state index is 12.7. The highest BCUT2D eigenvalue weighted by Crippen LogP contribution is 2.32. The van der Waals surface area contributed by atoms with Crippen molar-refractivity contribution < 1.29 is 17.8 Å². The molecule has 2 heterocycles. The fourth-order valence-electron chi connectivity index (χ4n) is 1.80. The number of aryl methyl sites for hydroxylation is 1. The lowest BCUT2D eigenvalue weighted by molar-refractivity contribution is -0.137. The summed E-state index contributed by atoms with van der Waals surface area (Å²) in [4.78, 5) is 18.0. The number of aromatic nitrogens is 4. The van der Waals surface area contributed by atoms with Gasteiger partial charge in [-0.1, -0.05) is 6.07 Å². The van der Waals surface area contributed by atoms with Crippen LogP contribution in [0.15, 0.2) is 27.6 Å². The fourth-order valence-corrected chi connectivity index (χ4v) is 1.80. The van der Waals surface area contributed by atoms with Gasteiger partial charge in [-0.3, -0.25) is 9.78 Å². The normalized spacial score (nSPS) is 11.8. The van der Waals surface area contributed by atoms with E-state index in [1.807, 2.05) is 0 Å². The first-order valence-electron chi connectivity index (χ1n) is 6.02. The van der Waals surface area contributed by atoms with Crippen LogP contribution in [-0.2, 0) is 6.18 Å². The van der Waals surface area contributed by atoms with Gasteiger partial charge in [-0.15, -0.1) is 0 Å². The molecule has 0 bridgehead atoms. The van der Waals surface area contributed by atoms with E-state index in [2.05, 4.69) is 30.2 Å². The van der Waals surface area contributed by atoms with Crippen LogP contribution in [0.2, 0.25) is 0 Å². The molecular formula is C12H8F3N5O2. The van der Waals surface area contributed by atoms with Crippen LogP contribution in [0.4, 0.5) is 24.7 Å². The van der Waals surface area contributed by atoms with Crippen LogP contribution in [0, 0.1) is 6.92 Å². The molecule has 7 nitrogen and oxygen atoms in total. The van der Waals surface area contributed by atoms with Gasteiger partial charge < -0.3 is 5.32 Å². The quantitative estimate of drug-likeness (QED) is 0.754. The Bertz CT molecular complexity index is 900. The van der Waals surface area contributed by atoms with Gasteiger partial charge >= 0.3 is 6.18 Å². The van der Waals surface area contributed by atoms with Gasteiger partial charge in [0.2, 0.25) is 11.3 Å². The van der Waals surface area contributed by atoms with Crippen molar-refractivity contribution in [3.05, 3.63) is 39.7 Å². The molecule has 0 atom stereocenters. The number of nitrogens with one attached hydrogen (secondary N) is 2. The molecule has 3 aromatic rings. The Morgan fingerprint density at radius 3 is 2.77 bits per heavy atom. The van der Waals surface area contributed by atoms with E-state index in [-0.39, 0.29) is 22.8 Å². The molecule has 2 N–H and O–H groups in total. The maximum absolute atomic E-state index is 12.7. The second-order valence-corrected chi connectivity index (χ2v) is 4.50. The molecule has 0 aliphatic carbocycles.